The summed E-state index contributed by atoms with van der Waals surface area (Å²) in [5.41, 5.74) is -0.383. The van der Waals surface area contributed by atoms with Crippen molar-refractivity contribution >= 4 is 5.97 Å². The molecule has 82 valence electrons. The predicted octanol–water partition coefficient (Wildman–Crippen LogP) is 1.57. The molecular formula is C11H21NO2. The first-order valence-corrected chi connectivity index (χ1v) is 5.31. The Morgan fingerprint density at radius 2 is 2.07 bits per heavy atom. The topological polar surface area (TPSA) is 38.3 Å². The molecule has 1 saturated heterocycles. The number of carbonyl (C=O) groups is 1. The summed E-state index contributed by atoms with van der Waals surface area (Å²) in [6.45, 7) is 9.75. The molecule has 0 radical (unpaired) electrons. The summed E-state index contributed by atoms with van der Waals surface area (Å²) in [7, 11) is 0. The lowest BCUT2D eigenvalue weighted by atomic mass is 9.95. The van der Waals surface area contributed by atoms with Crippen molar-refractivity contribution in [2.45, 2.75) is 40.2 Å². The van der Waals surface area contributed by atoms with Gasteiger partial charge in [0.15, 0.2) is 0 Å². The summed E-state index contributed by atoms with van der Waals surface area (Å²) in [4.78, 5) is 11.5. The maximum absolute atomic E-state index is 11.5. The zero-order valence-electron chi connectivity index (χ0n) is 9.59. The largest absolute Gasteiger partial charge is 0.462 e. The Morgan fingerprint density at radius 3 is 2.43 bits per heavy atom. The van der Waals surface area contributed by atoms with E-state index in [1.807, 2.05) is 27.7 Å². The molecule has 0 aromatic heterocycles. The normalized spacial score (nSPS) is 20.0. The lowest BCUT2D eigenvalue weighted by Gasteiger charge is -2.30. The minimum Gasteiger partial charge on any atom is -0.462 e. The summed E-state index contributed by atoms with van der Waals surface area (Å²) in [5.74, 6) is 0.593. The standard InChI is InChI=1S/C11H21NO2/c1-8(5-9-6-12-7-9)14-10(13)11(2,3)4/h8-9,12H,5-7H2,1-4H3. The fourth-order valence-corrected chi connectivity index (χ4v) is 1.39. The molecule has 0 amide bonds. The maximum atomic E-state index is 11.5. The molecule has 1 atom stereocenters. The molecule has 0 aromatic rings. The monoisotopic (exact) mass is 199 g/mol. The Bertz CT molecular complexity index is 204. The first-order chi connectivity index (χ1) is 6.39. The van der Waals surface area contributed by atoms with E-state index in [0.29, 0.717) is 5.92 Å². The third-order valence-electron chi connectivity index (χ3n) is 2.45. The Morgan fingerprint density at radius 1 is 1.50 bits per heavy atom. The van der Waals surface area contributed by atoms with Gasteiger partial charge in [0.1, 0.15) is 0 Å². The lowest BCUT2D eigenvalue weighted by molar-refractivity contribution is -0.158. The quantitative estimate of drug-likeness (QED) is 0.701. The van der Waals surface area contributed by atoms with Crippen molar-refractivity contribution in [1.29, 1.82) is 0 Å². The van der Waals surface area contributed by atoms with Crippen LogP contribution in [0.4, 0.5) is 0 Å². The molecule has 0 spiro atoms. The summed E-state index contributed by atoms with van der Waals surface area (Å²) < 4.78 is 5.35. The zero-order chi connectivity index (χ0) is 10.8. The van der Waals surface area contributed by atoms with E-state index in [9.17, 15) is 4.79 Å². The van der Waals surface area contributed by atoms with Crippen molar-refractivity contribution in [2.24, 2.45) is 11.3 Å². The predicted molar refractivity (Wildman–Crippen MR) is 56.0 cm³/mol. The third kappa shape index (κ3) is 3.29. The van der Waals surface area contributed by atoms with Gasteiger partial charge in [-0.1, -0.05) is 0 Å². The minimum absolute atomic E-state index is 0.0498. The van der Waals surface area contributed by atoms with Crippen molar-refractivity contribution in [3.05, 3.63) is 0 Å². The van der Waals surface area contributed by atoms with Gasteiger partial charge in [0.05, 0.1) is 11.5 Å². The summed E-state index contributed by atoms with van der Waals surface area (Å²) >= 11 is 0. The van der Waals surface area contributed by atoms with E-state index in [-0.39, 0.29) is 17.5 Å². The molecule has 14 heavy (non-hydrogen) atoms. The molecule has 1 heterocycles. The highest BCUT2D eigenvalue weighted by Crippen LogP contribution is 2.19. The van der Waals surface area contributed by atoms with Crippen LogP contribution in [0.3, 0.4) is 0 Å². The maximum Gasteiger partial charge on any atom is 0.311 e. The van der Waals surface area contributed by atoms with Crippen LogP contribution in [0.2, 0.25) is 0 Å². The Hall–Kier alpha value is -0.570. The molecule has 3 heteroatoms. The van der Waals surface area contributed by atoms with E-state index in [0.717, 1.165) is 19.5 Å². The molecule has 1 fully saturated rings. The van der Waals surface area contributed by atoms with Crippen molar-refractivity contribution in [3.63, 3.8) is 0 Å². The highest BCUT2D eigenvalue weighted by molar-refractivity contribution is 5.75. The third-order valence-corrected chi connectivity index (χ3v) is 2.45. The molecule has 0 saturated carbocycles. The smallest absolute Gasteiger partial charge is 0.311 e. The number of rotatable bonds is 3. The van der Waals surface area contributed by atoms with Crippen molar-refractivity contribution in [1.82, 2.24) is 5.32 Å². The molecule has 3 nitrogen and oxygen atoms in total. The van der Waals surface area contributed by atoms with Gasteiger partial charge >= 0.3 is 5.97 Å². The van der Waals surface area contributed by atoms with Crippen LogP contribution in [0.5, 0.6) is 0 Å². The molecule has 0 aliphatic carbocycles. The van der Waals surface area contributed by atoms with Gasteiger partial charge in [-0.25, -0.2) is 0 Å². The van der Waals surface area contributed by atoms with Gasteiger partial charge in [0.2, 0.25) is 0 Å². The van der Waals surface area contributed by atoms with Gasteiger partial charge in [-0.15, -0.1) is 0 Å². The van der Waals surface area contributed by atoms with Crippen LogP contribution >= 0.6 is 0 Å². The Kier molecular flexibility index (Phi) is 3.53. The summed E-state index contributed by atoms with van der Waals surface area (Å²) in [6, 6.07) is 0. The van der Waals surface area contributed by atoms with Gasteiger partial charge < -0.3 is 10.1 Å². The van der Waals surface area contributed by atoms with E-state index >= 15 is 0 Å². The Labute approximate surface area is 86.2 Å². The molecule has 1 rings (SSSR count). The highest BCUT2D eigenvalue weighted by atomic mass is 16.5. The second-order valence-electron chi connectivity index (χ2n) is 5.23. The molecule has 1 aliphatic rings. The van der Waals surface area contributed by atoms with Crippen LogP contribution in [-0.4, -0.2) is 25.2 Å². The summed E-state index contributed by atoms with van der Waals surface area (Å²) in [6.07, 6.45) is 1.03. The minimum atomic E-state index is -0.383. The second kappa shape index (κ2) is 4.30. The average molecular weight is 199 g/mol. The van der Waals surface area contributed by atoms with E-state index in [1.54, 1.807) is 0 Å². The van der Waals surface area contributed by atoms with Crippen LogP contribution in [-0.2, 0) is 9.53 Å². The number of ether oxygens (including phenoxy) is 1. The lowest BCUT2D eigenvalue weighted by Crippen LogP contribution is -2.44. The molecule has 1 unspecified atom stereocenters. The van der Waals surface area contributed by atoms with E-state index in [4.69, 9.17) is 4.74 Å². The van der Waals surface area contributed by atoms with Crippen LogP contribution in [0.15, 0.2) is 0 Å². The highest BCUT2D eigenvalue weighted by Gasteiger charge is 2.27. The number of hydrogen-bond donors (Lipinski definition) is 1. The first kappa shape index (κ1) is 11.5. The number of nitrogens with one attached hydrogen (secondary N) is 1. The van der Waals surface area contributed by atoms with Gasteiger partial charge in [-0.05, 0) is 53.1 Å². The molecule has 1 aliphatic heterocycles. The van der Waals surface area contributed by atoms with Crippen LogP contribution in [0.25, 0.3) is 0 Å². The van der Waals surface area contributed by atoms with Gasteiger partial charge in [0, 0.05) is 0 Å². The van der Waals surface area contributed by atoms with E-state index < -0.39 is 0 Å². The molecular weight excluding hydrogens is 178 g/mol. The van der Waals surface area contributed by atoms with Gasteiger partial charge in [0.25, 0.3) is 0 Å². The van der Waals surface area contributed by atoms with E-state index in [2.05, 4.69) is 5.32 Å². The van der Waals surface area contributed by atoms with Crippen molar-refractivity contribution in [3.8, 4) is 0 Å². The van der Waals surface area contributed by atoms with E-state index in [1.165, 1.54) is 0 Å². The van der Waals surface area contributed by atoms with Crippen molar-refractivity contribution < 1.29 is 9.53 Å². The number of esters is 1. The fraction of sp³-hybridized carbons (Fsp3) is 0.909. The SMILES string of the molecule is CC(CC1CNC1)OC(=O)C(C)(C)C. The number of carbonyl (C=O) groups excluding carboxylic acids is 1. The van der Waals surface area contributed by atoms with Crippen LogP contribution in [0, 0.1) is 11.3 Å². The average Bonchev–Trinajstić information content (AvgIpc) is 1.95. The Balaban J connectivity index is 2.25. The van der Waals surface area contributed by atoms with Crippen molar-refractivity contribution in [2.75, 3.05) is 13.1 Å². The number of hydrogen-bond acceptors (Lipinski definition) is 3. The molecule has 0 aromatic carbocycles. The summed E-state index contributed by atoms with van der Waals surface area (Å²) in [5, 5.41) is 3.21. The fourth-order valence-electron chi connectivity index (χ4n) is 1.39. The van der Waals surface area contributed by atoms with Crippen LogP contribution < -0.4 is 5.32 Å². The van der Waals surface area contributed by atoms with Crippen LogP contribution in [0.1, 0.15) is 34.1 Å². The van der Waals surface area contributed by atoms with Gasteiger partial charge in [-0.3, -0.25) is 4.79 Å². The second-order valence-corrected chi connectivity index (χ2v) is 5.23. The molecule has 0 bridgehead atoms. The first-order valence-electron chi connectivity index (χ1n) is 5.31. The van der Waals surface area contributed by atoms with Gasteiger partial charge in [-0.2, -0.15) is 0 Å². The molecule has 1 N–H and O–H groups in total. The zero-order valence-corrected chi connectivity index (χ0v) is 9.59.